The summed E-state index contributed by atoms with van der Waals surface area (Å²) in [6.07, 6.45) is 0.985. The highest BCUT2D eigenvalue weighted by atomic mass is 16.3. The van der Waals surface area contributed by atoms with Gasteiger partial charge in [-0.1, -0.05) is 45.0 Å². The quantitative estimate of drug-likeness (QED) is 0.802. The number of hydrogen-bond donors (Lipinski definition) is 2. The molecular weight excluding hydrogens is 198 g/mol. The maximum atomic E-state index is 9.46. The van der Waals surface area contributed by atoms with E-state index in [0.717, 1.165) is 6.42 Å². The van der Waals surface area contributed by atoms with Crippen LogP contribution in [-0.4, -0.2) is 18.3 Å². The fraction of sp³-hybridized carbons (Fsp3) is 0.571. The second-order valence-corrected chi connectivity index (χ2v) is 5.11. The molecule has 0 aliphatic carbocycles. The molecule has 0 saturated carbocycles. The van der Waals surface area contributed by atoms with Crippen LogP contribution in [0.15, 0.2) is 24.3 Å². The zero-order valence-electron chi connectivity index (χ0n) is 10.5. The van der Waals surface area contributed by atoms with Gasteiger partial charge in [-0.3, -0.25) is 0 Å². The van der Waals surface area contributed by atoms with Gasteiger partial charge < -0.3 is 10.8 Å². The molecule has 1 aromatic carbocycles. The smallest absolute Gasteiger partial charge is 0.0522 e. The van der Waals surface area contributed by atoms with E-state index in [9.17, 15) is 5.11 Å². The second kappa shape index (κ2) is 5.46. The predicted octanol–water partition coefficient (Wildman–Crippen LogP) is 2.41. The summed E-state index contributed by atoms with van der Waals surface area (Å²) in [5.41, 5.74) is 7.97. The molecular formula is C14H23NO. The molecule has 2 nitrogen and oxygen atoms in total. The third kappa shape index (κ3) is 2.83. The van der Waals surface area contributed by atoms with Crippen molar-refractivity contribution in [1.82, 2.24) is 0 Å². The predicted molar refractivity (Wildman–Crippen MR) is 68.6 cm³/mol. The van der Waals surface area contributed by atoms with Crippen LogP contribution in [0.2, 0.25) is 0 Å². The van der Waals surface area contributed by atoms with E-state index in [0.29, 0.717) is 12.5 Å². The van der Waals surface area contributed by atoms with Crippen molar-refractivity contribution in [3.63, 3.8) is 0 Å². The molecule has 1 atom stereocenters. The standard InChI is InChI=1S/C14H23NO/c1-11(8-9-15)12-6-4-5-7-13(12)14(2,3)10-16/h4-7,11,16H,8-10,15H2,1-3H3. The van der Waals surface area contributed by atoms with Gasteiger partial charge in [-0.05, 0) is 30.0 Å². The first-order valence-corrected chi connectivity index (χ1v) is 5.93. The summed E-state index contributed by atoms with van der Waals surface area (Å²) in [6.45, 7) is 7.20. The minimum Gasteiger partial charge on any atom is -0.395 e. The zero-order chi connectivity index (χ0) is 12.2. The Balaban J connectivity index is 3.09. The highest BCUT2D eigenvalue weighted by molar-refractivity contribution is 5.35. The lowest BCUT2D eigenvalue weighted by Gasteiger charge is -2.27. The van der Waals surface area contributed by atoms with E-state index in [2.05, 4.69) is 39.0 Å². The van der Waals surface area contributed by atoms with Crippen LogP contribution in [0.1, 0.15) is 44.2 Å². The van der Waals surface area contributed by atoms with Crippen LogP contribution in [0, 0.1) is 0 Å². The molecule has 0 spiro atoms. The van der Waals surface area contributed by atoms with Gasteiger partial charge in [-0.25, -0.2) is 0 Å². The largest absolute Gasteiger partial charge is 0.395 e. The molecule has 1 unspecified atom stereocenters. The van der Waals surface area contributed by atoms with E-state index in [1.165, 1.54) is 11.1 Å². The zero-order valence-corrected chi connectivity index (χ0v) is 10.5. The van der Waals surface area contributed by atoms with Gasteiger partial charge in [0.05, 0.1) is 6.61 Å². The van der Waals surface area contributed by atoms with Crippen molar-refractivity contribution < 1.29 is 5.11 Å². The van der Waals surface area contributed by atoms with Crippen molar-refractivity contribution in [2.45, 2.75) is 38.5 Å². The summed E-state index contributed by atoms with van der Waals surface area (Å²) in [6, 6.07) is 8.34. The number of aliphatic hydroxyl groups is 1. The molecule has 0 saturated heterocycles. The van der Waals surface area contributed by atoms with Crippen LogP contribution in [-0.2, 0) is 5.41 Å². The first kappa shape index (κ1) is 13.2. The Bertz CT molecular complexity index is 333. The summed E-state index contributed by atoms with van der Waals surface area (Å²) in [4.78, 5) is 0. The molecule has 0 fully saturated rings. The van der Waals surface area contributed by atoms with Crippen LogP contribution in [0.25, 0.3) is 0 Å². The second-order valence-electron chi connectivity index (χ2n) is 5.11. The van der Waals surface area contributed by atoms with Crippen LogP contribution in [0.3, 0.4) is 0 Å². The Kier molecular flexibility index (Phi) is 4.51. The fourth-order valence-electron chi connectivity index (χ4n) is 2.03. The van der Waals surface area contributed by atoms with Crippen molar-refractivity contribution in [3.8, 4) is 0 Å². The third-order valence-electron chi connectivity index (χ3n) is 3.22. The Hall–Kier alpha value is -0.860. The summed E-state index contributed by atoms with van der Waals surface area (Å²) >= 11 is 0. The van der Waals surface area contributed by atoms with E-state index in [-0.39, 0.29) is 12.0 Å². The lowest BCUT2D eigenvalue weighted by atomic mass is 9.79. The summed E-state index contributed by atoms with van der Waals surface area (Å²) < 4.78 is 0. The van der Waals surface area contributed by atoms with E-state index in [1.54, 1.807) is 0 Å². The Morgan fingerprint density at radius 1 is 1.31 bits per heavy atom. The lowest BCUT2D eigenvalue weighted by Crippen LogP contribution is -2.24. The highest BCUT2D eigenvalue weighted by Gasteiger charge is 2.23. The van der Waals surface area contributed by atoms with Gasteiger partial charge in [0, 0.05) is 5.41 Å². The fourth-order valence-corrected chi connectivity index (χ4v) is 2.03. The van der Waals surface area contributed by atoms with Crippen LogP contribution >= 0.6 is 0 Å². The van der Waals surface area contributed by atoms with Gasteiger partial charge in [0.1, 0.15) is 0 Å². The molecule has 90 valence electrons. The summed E-state index contributed by atoms with van der Waals surface area (Å²) in [7, 11) is 0. The summed E-state index contributed by atoms with van der Waals surface area (Å²) in [5.74, 6) is 0.451. The van der Waals surface area contributed by atoms with E-state index in [1.807, 2.05) is 6.07 Å². The Morgan fingerprint density at radius 3 is 2.50 bits per heavy atom. The SMILES string of the molecule is CC(CCN)c1ccccc1C(C)(C)CO. The molecule has 0 amide bonds. The van der Waals surface area contributed by atoms with Crippen molar-refractivity contribution >= 4 is 0 Å². The number of aliphatic hydroxyl groups excluding tert-OH is 1. The average molecular weight is 221 g/mol. The molecule has 1 aromatic rings. The van der Waals surface area contributed by atoms with Gasteiger partial charge in [0.2, 0.25) is 0 Å². The highest BCUT2D eigenvalue weighted by Crippen LogP contribution is 2.31. The molecule has 0 aliphatic heterocycles. The Labute approximate surface area is 98.5 Å². The molecule has 2 heteroatoms. The van der Waals surface area contributed by atoms with Crippen molar-refractivity contribution in [1.29, 1.82) is 0 Å². The maximum Gasteiger partial charge on any atom is 0.0522 e. The number of benzene rings is 1. The first-order valence-electron chi connectivity index (χ1n) is 5.93. The number of nitrogens with two attached hydrogens (primary N) is 1. The van der Waals surface area contributed by atoms with Gasteiger partial charge in [0.15, 0.2) is 0 Å². The minimum atomic E-state index is -0.181. The molecule has 1 rings (SSSR count). The van der Waals surface area contributed by atoms with E-state index < -0.39 is 0 Å². The molecule has 0 heterocycles. The Morgan fingerprint density at radius 2 is 1.94 bits per heavy atom. The molecule has 0 aromatic heterocycles. The molecule has 0 aliphatic rings. The van der Waals surface area contributed by atoms with Gasteiger partial charge in [0.25, 0.3) is 0 Å². The first-order chi connectivity index (χ1) is 7.53. The monoisotopic (exact) mass is 221 g/mol. The topological polar surface area (TPSA) is 46.2 Å². The number of hydrogen-bond acceptors (Lipinski definition) is 2. The summed E-state index contributed by atoms with van der Waals surface area (Å²) in [5, 5.41) is 9.46. The maximum absolute atomic E-state index is 9.46. The average Bonchev–Trinajstić information content (AvgIpc) is 2.29. The van der Waals surface area contributed by atoms with Crippen molar-refractivity contribution in [2.75, 3.05) is 13.2 Å². The van der Waals surface area contributed by atoms with Gasteiger partial charge in [-0.2, -0.15) is 0 Å². The van der Waals surface area contributed by atoms with Gasteiger partial charge in [-0.15, -0.1) is 0 Å². The lowest BCUT2D eigenvalue weighted by molar-refractivity contribution is 0.217. The third-order valence-corrected chi connectivity index (χ3v) is 3.22. The molecule has 3 N–H and O–H groups in total. The molecule has 16 heavy (non-hydrogen) atoms. The van der Waals surface area contributed by atoms with E-state index in [4.69, 9.17) is 5.73 Å². The van der Waals surface area contributed by atoms with Crippen molar-refractivity contribution in [3.05, 3.63) is 35.4 Å². The minimum absolute atomic E-state index is 0.166. The normalized spacial score (nSPS) is 13.8. The van der Waals surface area contributed by atoms with Crippen LogP contribution in [0.5, 0.6) is 0 Å². The molecule has 0 radical (unpaired) electrons. The van der Waals surface area contributed by atoms with Crippen LogP contribution in [0.4, 0.5) is 0 Å². The van der Waals surface area contributed by atoms with Crippen LogP contribution < -0.4 is 5.73 Å². The van der Waals surface area contributed by atoms with Crippen molar-refractivity contribution in [2.24, 2.45) is 5.73 Å². The number of rotatable bonds is 5. The molecule has 0 bridgehead atoms. The van der Waals surface area contributed by atoms with E-state index >= 15 is 0 Å². The van der Waals surface area contributed by atoms with Gasteiger partial charge >= 0.3 is 0 Å².